The summed E-state index contributed by atoms with van der Waals surface area (Å²) in [6.07, 6.45) is 0. The van der Waals surface area contributed by atoms with Gasteiger partial charge in [-0.2, -0.15) is 0 Å². The number of methoxy groups -OCH3 is 1. The lowest BCUT2D eigenvalue weighted by Gasteiger charge is -2.05. The van der Waals surface area contributed by atoms with Crippen molar-refractivity contribution in [3.63, 3.8) is 0 Å². The molecule has 1 heterocycles. The van der Waals surface area contributed by atoms with Crippen LogP contribution < -0.4 is 15.6 Å². The summed E-state index contributed by atoms with van der Waals surface area (Å²) >= 11 is 0. The van der Waals surface area contributed by atoms with Crippen LogP contribution in [0.25, 0.3) is 10.9 Å². The largest absolute Gasteiger partial charge is 0.497 e. The van der Waals surface area contributed by atoms with Gasteiger partial charge in [0.05, 0.1) is 7.11 Å². The fourth-order valence-electron chi connectivity index (χ4n) is 2.20. The van der Waals surface area contributed by atoms with E-state index in [0.717, 1.165) is 10.9 Å². The summed E-state index contributed by atoms with van der Waals surface area (Å²) in [6.45, 7) is 0. The minimum Gasteiger partial charge on any atom is -0.497 e. The van der Waals surface area contributed by atoms with E-state index in [9.17, 15) is 9.59 Å². The molecule has 0 bridgehead atoms. The van der Waals surface area contributed by atoms with E-state index in [1.807, 2.05) is 18.2 Å². The zero-order chi connectivity index (χ0) is 16.2. The van der Waals surface area contributed by atoms with Gasteiger partial charge in [-0.05, 0) is 36.4 Å². The monoisotopic (exact) mass is 309 g/mol. The molecule has 3 N–H and O–H groups in total. The van der Waals surface area contributed by atoms with E-state index in [2.05, 4.69) is 15.8 Å². The Morgan fingerprint density at radius 3 is 2.43 bits per heavy atom. The lowest BCUT2D eigenvalue weighted by Crippen LogP contribution is -2.41. The number of nitrogens with one attached hydrogen (secondary N) is 3. The third-order valence-electron chi connectivity index (χ3n) is 3.40. The Bertz CT molecular complexity index is 856. The van der Waals surface area contributed by atoms with Gasteiger partial charge in [-0.1, -0.05) is 18.2 Å². The molecular weight excluding hydrogens is 294 g/mol. The van der Waals surface area contributed by atoms with Crippen LogP contribution >= 0.6 is 0 Å². The minimum absolute atomic E-state index is 0.349. The van der Waals surface area contributed by atoms with Crippen molar-refractivity contribution in [3.8, 4) is 5.75 Å². The molecule has 0 aliphatic carbocycles. The summed E-state index contributed by atoms with van der Waals surface area (Å²) in [5, 5.41) is 0.851. The molecule has 3 rings (SSSR count). The molecule has 0 fully saturated rings. The third-order valence-corrected chi connectivity index (χ3v) is 3.40. The van der Waals surface area contributed by atoms with Crippen LogP contribution in [0.3, 0.4) is 0 Å². The lowest BCUT2D eigenvalue weighted by atomic mass is 10.2. The van der Waals surface area contributed by atoms with E-state index in [-0.39, 0.29) is 5.91 Å². The van der Waals surface area contributed by atoms with Gasteiger partial charge in [0, 0.05) is 16.5 Å². The van der Waals surface area contributed by atoms with Crippen molar-refractivity contribution in [3.05, 3.63) is 65.9 Å². The Kier molecular flexibility index (Phi) is 3.97. The topological polar surface area (TPSA) is 83.2 Å². The molecule has 2 amide bonds. The number of H-pyrrole nitrogens is 1. The van der Waals surface area contributed by atoms with E-state index >= 15 is 0 Å². The molecule has 3 aromatic rings. The Morgan fingerprint density at radius 1 is 0.957 bits per heavy atom. The molecule has 6 nitrogen and oxygen atoms in total. The summed E-state index contributed by atoms with van der Waals surface area (Å²) in [6, 6.07) is 15.8. The molecule has 116 valence electrons. The normalized spacial score (nSPS) is 10.3. The Labute approximate surface area is 132 Å². The third kappa shape index (κ3) is 3.16. The average molecular weight is 309 g/mol. The average Bonchev–Trinajstić information content (AvgIpc) is 3.03. The molecular formula is C17H15N3O3. The molecule has 23 heavy (non-hydrogen) atoms. The molecule has 0 saturated heterocycles. The van der Waals surface area contributed by atoms with Crippen LogP contribution in [0.2, 0.25) is 0 Å². The molecule has 0 aliphatic rings. The molecule has 2 aromatic carbocycles. The summed E-state index contributed by atoms with van der Waals surface area (Å²) in [7, 11) is 1.58. The summed E-state index contributed by atoms with van der Waals surface area (Å²) in [5.41, 5.74) is 6.39. The van der Waals surface area contributed by atoms with E-state index in [4.69, 9.17) is 4.74 Å². The fourth-order valence-corrected chi connectivity index (χ4v) is 2.20. The molecule has 0 aliphatic heterocycles. The minimum atomic E-state index is -0.426. The number of carbonyl (C=O) groups is 2. The Hall–Kier alpha value is -3.28. The summed E-state index contributed by atoms with van der Waals surface area (Å²) in [5.74, 6) is -0.0954. The maximum absolute atomic E-state index is 12.1. The number of hydrogen-bond donors (Lipinski definition) is 3. The number of carbonyl (C=O) groups excluding carboxylic acids is 2. The molecule has 0 spiro atoms. The number of fused-ring (bicyclic) bond motifs is 1. The highest BCUT2D eigenvalue weighted by Gasteiger charge is 2.11. The molecule has 1 aromatic heterocycles. The van der Waals surface area contributed by atoms with Gasteiger partial charge in [-0.3, -0.25) is 20.4 Å². The van der Waals surface area contributed by atoms with Crippen molar-refractivity contribution >= 4 is 22.7 Å². The Balaban J connectivity index is 1.70. The van der Waals surface area contributed by atoms with Crippen molar-refractivity contribution < 1.29 is 14.3 Å². The standard InChI is InChI=1S/C17H15N3O3/c1-23-13-7-8-14-12(9-13)10-15(18-14)17(22)20-19-16(21)11-5-3-2-4-6-11/h2-10,18H,1H3,(H,19,21)(H,20,22). The summed E-state index contributed by atoms with van der Waals surface area (Å²) in [4.78, 5) is 27.0. The number of ether oxygens (including phenoxy) is 1. The van der Waals surface area contributed by atoms with Crippen LogP contribution in [0.5, 0.6) is 5.75 Å². The van der Waals surface area contributed by atoms with Crippen LogP contribution in [-0.2, 0) is 0 Å². The van der Waals surface area contributed by atoms with Gasteiger partial charge in [-0.15, -0.1) is 0 Å². The van der Waals surface area contributed by atoms with E-state index in [1.54, 1.807) is 43.5 Å². The van der Waals surface area contributed by atoms with E-state index < -0.39 is 5.91 Å². The SMILES string of the molecule is COc1ccc2[nH]c(C(=O)NNC(=O)c3ccccc3)cc2c1. The lowest BCUT2D eigenvalue weighted by molar-refractivity contribution is 0.0844. The van der Waals surface area contributed by atoms with Crippen molar-refractivity contribution in [1.82, 2.24) is 15.8 Å². The first-order valence-electron chi connectivity index (χ1n) is 7.00. The molecule has 0 radical (unpaired) electrons. The first kappa shape index (κ1) is 14.6. The van der Waals surface area contributed by atoms with Gasteiger partial charge in [0.2, 0.25) is 0 Å². The number of amides is 2. The molecule has 0 unspecified atom stereocenters. The van der Waals surface area contributed by atoms with Gasteiger partial charge >= 0.3 is 0 Å². The van der Waals surface area contributed by atoms with Gasteiger partial charge in [-0.25, -0.2) is 0 Å². The first-order chi connectivity index (χ1) is 11.2. The fraction of sp³-hybridized carbons (Fsp3) is 0.0588. The highest BCUT2D eigenvalue weighted by atomic mass is 16.5. The van der Waals surface area contributed by atoms with Gasteiger partial charge in [0.1, 0.15) is 11.4 Å². The number of hydrogen-bond acceptors (Lipinski definition) is 3. The highest BCUT2D eigenvalue weighted by molar-refractivity contribution is 6.00. The highest BCUT2D eigenvalue weighted by Crippen LogP contribution is 2.21. The zero-order valence-corrected chi connectivity index (χ0v) is 12.4. The van der Waals surface area contributed by atoms with Crippen molar-refractivity contribution in [2.24, 2.45) is 0 Å². The second-order valence-electron chi connectivity index (χ2n) is 4.91. The summed E-state index contributed by atoms with van der Waals surface area (Å²) < 4.78 is 5.15. The predicted molar refractivity (Wildman–Crippen MR) is 86.2 cm³/mol. The zero-order valence-electron chi connectivity index (χ0n) is 12.4. The number of rotatable bonds is 3. The van der Waals surface area contributed by atoms with Crippen molar-refractivity contribution in [1.29, 1.82) is 0 Å². The second kappa shape index (κ2) is 6.23. The second-order valence-corrected chi connectivity index (χ2v) is 4.91. The maximum atomic E-state index is 12.1. The van der Waals surface area contributed by atoms with Crippen LogP contribution in [0, 0.1) is 0 Å². The van der Waals surface area contributed by atoms with Crippen LogP contribution in [0.15, 0.2) is 54.6 Å². The molecule has 0 saturated carbocycles. The van der Waals surface area contributed by atoms with Gasteiger partial charge < -0.3 is 9.72 Å². The predicted octanol–water partition coefficient (Wildman–Crippen LogP) is 2.25. The smallest absolute Gasteiger partial charge is 0.286 e. The van der Waals surface area contributed by atoms with Crippen LogP contribution in [0.4, 0.5) is 0 Å². The number of aromatic nitrogens is 1. The van der Waals surface area contributed by atoms with Crippen LogP contribution in [-0.4, -0.2) is 23.9 Å². The van der Waals surface area contributed by atoms with Gasteiger partial charge in [0.15, 0.2) is 0 Å². The Morgan fingerprint density at radius 2 is 1.70 bits per heavy atom. The first-order valence-corrected chi connectivity index (χ1v) is 7.00. The van der Waals surface area contributed by atoms with Crippen LogP contribution in [0.1, 0.15) is 20.8 Å². The molecule has 0 atom stereocenters. The van der Waals surface area contributed by atoms with E-state index in [0.29, 0.717) is 17.0 Å². The van der Waals surface area contributed by atoms with E-state index in [1.165, 1.54) is 0 Å². The number of benzene rings is 2. The van der Waals surface area contributed by atoms with Crippen molar-refractivity contribution in [2.75, 3.05) is 7.11 Å². The molecule has 6 heteroatoms. The van der Waals surface area contributed by atoms with Gasteiger partial charge in [0.25, 0.3) is 11.8 Å². The van der Waals surface area contributed by atoms with Crippen molar-refractivity contribution in [2.45, 2.75) is 0 Å². The number of hydrazine groups is 1. The maximum Gasteiger partial charge on any atom is 0.286 e. The quantitative estimate of drug-likeness (QED) is 0.649. The number of aromatic amines is 1.